The SMILES string of the molecule is CC1CCC(Nc2nncs2)C(C)C1. The molecule has 0 spiro atoms. The van der Waals surface area contributed by atoms with Crippen molar-refractivity contribution in [1.82, 2.24) is 10.2 Å². The number of anilines is 1. The van der Waals surface area contributed by atoms with E-state index in [2.05, 4.69) is 29.4 Å². The van der Waals surface area contributed by atoms with Gasteiger partial charge in [0.15, 0.2) is 0 Å². The van der Waals surface area contributed by atoms with Gasteiger partial charge in [0, 0.05) is 6.04 Å². The third-order valence-electron chi connectivity index (χ3n) is 3.10. The first kappa shape index (κ1) is 9.90. The summed E-state index contributed by atoms with van der Waals surface area (Å²) in [6.07, 6.45) is 3.93. The summed E-state index contributed by atoms with van der Waals surface area (Å²) in [6, 6.07) is 0.596. The molecule has 1 fully saturated rings. The van der Waals surface area contributed by atoms with E-state index in [1.165, 1.54) is 19.3 Å². The lowest BCUT2D eigenvalue weighted by molar-refractivity contribution is 0.276. The second-order valence-corrected chi connectivity index (χ2v) is 5.22. The molecule has 1 aliphatic rings. The first-order valence-corrected chi connectivity index (χ1v) is 6.16. The van der Waals surface area contributed by atoms with Gasteiger partial charge in [-0.1, -0.05) is 25.2 Å². The molecule has 3 nitrogen and oxygen atoms in total. The van der Waals surface area contributed by atoms with Crippen LogP contribution in [0.4, 0.5) is 5.13 Å². The van der Waals surface area contributed by atoms with Crippen LogP contribution in [0.5, 0.6) is 0 Å². The highest BCUT2D eigenvalue weighted by atomic mass is 32.1. The van der Waals surface area contributed by atoms with Crippen molar-refractivity contribution in [3.05, 3.63) is 5.51 Å². The Hall–Kier alpha value is -0.640. The molecule has 14 heavy (non-hydrogen) atoms. The highest BCUT2D eigenvalue weighted by Gasteiger charge is 2.25. The van der Waals surface area contributed by atoms with Crippen molar-refractivity contribution in [1.29, 1.82) is 0 Å². The fourth-order valence-corrected chi connectivity index (χ4v) is 2.78. The summed E-state index contributed by atoms with van der Waals surface area (Å²) < 4.78 is 0. The van der Waals surface area contributed by atoms with Crippen LogP contribution in [0.25, 0.3) is 0 Å². The molecule has 0 bridgehead atoms. The molecule has 4 heteroatoms. The van der Waals surface area contributed by atoms with E-state index in [9.17, 15) is 0 Å². The topological polar surface area (TPSA) is 37.8 Å². The standard InChI is InChI=1S/C10H17N3S/c1-7-3-4-9(8(2)5-7)12-10-13-11-6-14-10/h6-9H,3-5H2,1-2H3,(H,12,13). The Bertz CT molecular complexity index is 273. The zero-order valence-corrected chi connectivity index (χ0v) is 9.55. The van der Waals surface area contributed by atoms with Gasteiger partial charge in [0.1, 0.15) is 5.51 Å². The third kappa shape index (κ3) is 2.23. The fourth-order valence-electron chi connectivity index (χ4n) is 2.27. The minimum Gasteiger partial charge on any atom is -0.357 e. The molecule has 1 heterocycles. The Morgan fingerprint density at radius 2 is 2.29 bits per heavy atom. The van der Waals surface area contributed by atoms with E-state index in [1.54, 1.807) is 16.8 Å². The van der Waals surface area contributed by atoms with Crippen LogP contribution in [-0.4, -0.2) is 16.2 Å². The van der Waals surface area contributed by atoms with E-state index in [0.717, 1.165) is 17.0 Å². The van der Waals surface area contributed by atoms with Crippen molar-refractivity contribution in [3.63, 3.8) is 0 Å². The molecule has 1 aromatic heterocycles. The Kier molecular flexibility index (Phi) is 3.01. The van der Waals surface area contributed by atoms with Gasteiger partial charge in [-0.15, -0.1) is 10.2 Å². The number of nitrogens with one attached hydrogen (secondary N) is 1. The average molecular weight is 211 g/mol. The molecule has 1 N–H and O–H groups in total. The predicted molar refractivity (Wildman–Crippen MR) is 59.5 cm³/mol. The van der Waals surface area contributed by atoms with Gasteiger partial charge in [0.2, 0.25) is 5.13 Å². The summed E-state index contributed by atoms with van der Waals surface area (Å²) in [7, 11) is 0. The normalized spacial score (nSPS) is 32.9. The maximum Gasteiger partial charge on any atom is 0.205 e. The molecular formula is C10H17N3S. The van der Waals surface area contributed by atoms with Crippen LogP contribution in [0.3, 0.4) is 0 Å². The summed E-state index contributed by atoms with van der Waals surface area (Å²) in [5, 5.41) is 12.3. The summed E-state index contributed by atoms with van der Waals surface area (Å²) in [6.45, 7) is 4.67. The van der Waals surface area contributed by atoms with Crippen LogP contribution in [0.1, 0.15) is 33.1 Å². The number of hydrogen-bond acceptors (Lipinski definition) is 4. The highest BCUT2D eigenvalue weighted by Crippen LogP contribution is 2.30. The summed E-state index contributed by atoms with van der Waals surface area (Å²) in [5.74, 6) is 1.64. The van der Waals surface area contributed by atoms with Crippen LogP contribution in [0, 0.1) is 11.8 Å². The second-order valence-electron chi connectivity index (χ2n) is 4.39. The fraction of sp³-hybridized carbons (Fsp3) is 0.800. The van der Waals surface area contributed by atoms with Crippen molar-refractivity contribution < 1.29 is 0 Å². The highest BCUT2D eigenvalue weighted by molar-refractivity contribution is 7.13. The Balaban J connectivity index is 1.92. The second kappa shape index (κ2) is 4.26. The van der Waals surface area contributed by atoms with E-state index in [0.29, 0.717) is 6.04 Å². The zero-order chi connectivity index (χ0) is 9.97. The summed E-state index contributed by atoms with van der Waals surface area (Å²) in [5.41, 5.74) is 1.78. The van der Waals surface area contributed by atoms with E-state index in [-0.39, 0.29) is 0 Å². The number of rotatable bonds is 2. The smallest absolute Gasteiger partial charge is 0.205 e. The molecular weight excluding hydrogens is 194 g/mol. The Morgan fingerprint density at radius 1 is 1.43 bits per heavy atom. The molecule has 0 aliphatic heterocycles. The molecule has 1 aliphatic carbocycles. The Labute approximate surface area is 88.9 Å². The molecule has 1 saturated carbocycles. The molecule has 78 valence electrons. The number of nitrogens with zero attached hydrogens (tertiary/aromatic N) is 2. The van der Waals surface area contributed by atoms with E-state index in [1.807, 2.05) is 0 Å². The molecule has 0 aromatic carbocycles. The van der Waals surface area contributed by atoms with Crippen LogP contribution in [0.2, 0.25) is 0 Å². The average Bonchev–Trinajstić information content (AvgIpc) is 2.62. The predicted octanol–water partition coefficient (Wildman–Crippen LogP) is 2.77. The lowest BCUT2D eigenvalue weighted by Gasteiger charge is -2.32. The lowest BCUT2D eigenvalue weighted by atomic mass is 9.80. The van der Waals surface area contributed by atoms with Gasteiger partial charge >= 0.3 is 0 Å². The Morgan fingerprint density at radius 3 is 2.93 bits per heavy atom. The van der Waals surface area contributed by atoms with Gasteiger partial charge in [-0.2, -0.15) is 0 Å². The van der Waals surface area contributed by atoms with Gasteiger partial charge < -0.3 is 5.32 Å². The molecule has 0 amide bonds. The number of aromatic nitrogens is 2. The lowest BCUT2D eigenvalue weighted by Crippen LogP contribution is -2.32. The van der Waals surface area contributed by atoms with Gasteiger partial charge in [0.25, 0.3) is 0 Å². The van der Waals surface area contributed by atoms with Gasteiger partial charge in [0.05, 0.1) is 0 Å². The van der Waals surface area contributed by atoms with Crippen molar-refractivity contribution in [2.75, 3.05) is 5.32 Å². The maximum absolute atomic E-state index is 4.02. The van der Waals surface area contributed by atoms with Crippen LogP contribution in [-0.2, 0) is 0 Å². The maximum atomic E-state index is 4.02. The molecule has 1 aromatic rings. The first-order valence-electron chi connectivity index (χ1n) is 5.28. The minimum absolute atomic E-state index is 0.596. The molecule has 2 rings (SSSR count). The van der Waals surface area contributed by atoms with Crippen molar-refractivity contribution in [3.8, 4) is 0 Å². The molecule has 0 saturated heterocycles. The quantitative estimate of drug-likeness (QED) is 0.817. The zero-order valence-electron chi connectivity index (χ0n) is 8.73. The number of hydrogen-bond donors (Lipinski definition) is 1. The van der Waals surface area contributed by atoms with Crippen molar-refractivity contribution in [2.45, 2.75) is 39.2 Å². The molecule has 3 unspecified atom stereocenters. The first-order chi connectivity index (χ1) is 6.75. The van der Waals surface area contributed by atoms with Crippen LogP contribution in [0.15, 0.2) is 5.51 Å². The molecule has 0 radical (unpaired) electrons. The van der Waals surface area contributed by atoms with Gasteiger partial charge in [-0.05, 0) is 31.1 Å². The molecule has 3 atom stereocenters. The third-order valence-corrected chi connectivity index (χ3v) is 3.72. The monoisotopic (exact) mass is 211 g/mol. The van der Waals surface area contributed by atoms with E-state index < -0.39 is 0 Å². The summed E-state index contributed by atoms with van der Waals surface area (Å²) >= 11 is 1.59. The van der Waals surface area contributed by atoms with Gasteiger partial charge in [-0.25, -0.2) is 0 Å². The van der Waals surface area contributed by atoms with E-state index >= 15 is 0 Å². The van der Waals surface area contributed by atoms with E-state index in [4.69, 9.17) is 0 Å². The summed E-state index contributed by atoms with van der Waals surface area (Å²) in [4.78, 5) is 0. The van der Waals surface area contributed by atoms with Crippen molar-refractivity contribution in [2.24, 2.45) is 11.8 Å². The van der Waals surface area contributed by atoms with Gasteiger partial charge in [-0.3, -0.25) is 0 Å². The van der Waals surface area contributed by atoms with Crippen LogP contribution < -0.4 is 5.32 Å². The van der Waals surface area contributed by atoms with Crippen LogP contribution >= 0.6 is 11.3 Å². The van der Waals surface area contributed by atoms with Crippen molar-refractivity contribution >= 4 is 16.5 Å². The largest absolute Gasteiger partial charge is 0.357 e. The minimum atomic E-state index is 0.596.